The van der Waals surface area contributed by atoms with Crippen LogP contribution in [0.1, 0.15) is 12.5 Å². The van der Waals surface area contributed by atoms with E-state index in [1.165, 1.54) is 12.0 Å². The van der Waals surface area contributed by atoms with Crippen LogP contribution in [0.15, 0.2) is 36.5 Å². The molecular weight excluding hydrogens is 296 g/mol. The van der Waals surface area contributed by atoms with Crippen molar-refractivity contribution in [2.45, 2.75) is 19.0 Å². The van der Waals surface area contributed by atoms with Gasteiger partial charge in [0, 0.05) is 13.3 Å². The molecule has 7 nitrogen and oxygen atoms in total. The van der Waals surface area contributed by atoms with Crippen LogP contribution in [0.3, 0.4) is 0 Å². The van der Waals surface area contributed by atoms with Crippen molar-refractivity contribution in [1.82, 2.24) is 20.4 Å². The Labute approximate surface area is 133 Å². The van der Waals surface area contributed by atoms with E-state index in [0.29, 0.717) is 0 Å². The van der Waals surface area contributed by atoms with Gasteiger partial charge in [-0.05, 0) is 24.1 Å². The number of benzene rings is 1. The van der Waals surface area contributed by atoms with Crippen LogP contribution in [-0.4, -0.2) is 46.3 Å². The fourth-order valence-corrected chi connectivity index (χ4v) is 2.67. The average molecular weight is 314 g/mol. The van der Waals surface area contributed by atoms with Crippen LogP contribution >= 0.6 is 0 Å². The summed E-state index contributed by atoms with van der Waals surface area (Å²) in [7, 11) is 1.50. The number of imide groups is 1. The molecule has 0 saturated carbocycles. The molecular formula is C16H18N4O3. The first-order valence-electron chi connectivity index (χ1n) is 7.25. The number of aromatic amines is 1. The first-order valence-corrected chi connectivity index (χ1v) is 7.25. The summed E-state index contributed by atoms with van der Waals surface area (Å²) in [5.74, 6) is -0.276. The number of ether oxygens (including phenoxy) is 1. The van der Waals surface area contributed by atoms with Crippen molar-refractivity contribution >= 4 is 11.9 Å². The summed E-state index contributed by atoms with van der Waals surface area (Å²) in [6, 6.07) is 9.12. The van der Waals surface area contributed by atoms with E-state index < -0.39 is 11.6 Å². The first kappa shape index (κ1) is 15.2. The van der Waals surface area contributed by atoms with Gasteiger partial charge in [0.25, 0.3) is 5.91 Å². The van der Waals surface area contributed by atoms with Crippen molar-refractivity contribution in [3.8, 4) is 11.3 Å². The number of methoxy groups -OCH3 is 1. The smallest absolute Gasteiger partial charge is 0.325 e. The van der Waals surface area contributed by atoms with Crippen LogP contribution in [-0.2, 0) is 16.1 Å². The van der Waals surface area contributed by atoms with E-state index in [-0.39, 0.29) is 19.1 Å². The van der Waals surface area contributed by atoms with Gasteiger partial charge in [0.05, 0.1) is 18.8 Å². The third-order valence-corrected chi connectivity index (χ3v) is 3.88. The number of hydrogen-bond acceptors (Lipinski definition) is 4. The highest BCUT2D eigenvalue weighted by atomic mass is 16.5. The van der Waals surface area contributed by atoms with Gasteiger partial charge in [-0.3, -0.25) is 14.8 Å². The molecule has 2 heterocycles. The number of nitrogens with zero attached hydrogens (tertiary/aromatic N) is 2. The van der Waals surface area contributed by atoms with Gasteiger partial charge in [0.15, 0.2) is 0 Å². The summed E-state index contributed by atoms with van der Waals surface area (Å²) >= 11 is 0. The van der Waals surface area contributed by atoms with Crippen molar-refractivity contribution in [1.29, 1.82) is 0 Å². The number of nitrogens with one attached hydrogen (secondary N) is 2. The van der Waals surface area contributed by atoms with Crippen LogP contribution in [0.4, 0.5) is 4.79 Å². The quantitative estimate of drug-likeness (QED) is 0.819. The van der Waals surface area contributed by atoms with E-state index in [1.54, 1.807) is 13.1 Å². The molecule has 1 saturated heterocycles. The summed E-state index contributed by atoms with van der Waals surface area (Å²) in [5, 5.41) is 9.49. The van der Waals surface area contributed by atoms with E-state index in [4.69, 9.17) is 4.74 Å². The van der Waals surface area contributed by atoms with Gasteiger partial charge in [0.2, 0.25) is 0 Å². The largest absolute Gasteiger partial charge is 0.382 e. The van der Waals surface area contributed by atoms with Gasteiger partial charge < -0.3 is 10.1 Å². The number of rotatable bonds is 5. The van der Waals surface area contributed by atoms with Crippen molar-refractivity contribution in [2.75, 3.05) is 13.7 Å². The standard InChI is InChI=1S/C16H18N4O3/c1-16(10-23-2)14(21)20(15(22)18-16)9-11-3-5-12(6-4-11)13-7-8-17-19-13/h3-8H,9-10H2,1-2H3,(H,17,19)(H,18,22). The van der Waals surface area contributed by atoms with E-state index in [2.05, 4.69) is 15.5 Å². The van der Waals surface area contributed by atoms with Crippen molar-refractivity contribution in [3.63, 3.8) is 0 Å². The zero-order chi connectivity index (χ0) is 16.4. The van der Waals surface area contributed by atoms with Gasteiger partial charge in [0.1, 0.15) is 5.54 Å². The number of H-pyrrole nitrogens is 1. The topological polar surface area (TPSA) is 87.3 Å². The average Bonchev–Trinajstić information content (AvgIpc) is 3.12. The molecule has 1 atom stereocenters. The molecule has 0 bridgehead atoms. The Balaban J connectivity index is 1.74. The fourth-order valence-electron chi connectivity index (χ4n) is 2.67. The minimum Gasteiger partial charge on any atom is -0.382 e. The minimum absolute atomic E-state index is 0.146. The van der Waals surface area contributed by atoms with Gasteiger partial charge in [-0.1, -0.05) is 24.3 Å². The van der Waals surface area contributed by atoms with Crippen LogP contribution in [0.5, 0.6) is 0 Å². The number of carbonyl (C=O) groups is 2. The molecule has 2 N–H and O–H groups in total. The molecule has 1 aliphatic heterocycles. The molecule has 0 spiro atoms. The van der Waals surface area contributed by atoms with Crippen LogP contribution < -0.4 is 5.32 Å². The second-order valence-electron chi connectivity index (χ2n) is 5.75. The monoisotopic (exact) mass is 314 g/mol. The summed E-state index contributed by atoms with van der Waals surface area (Å²) in [5.41, 5.74) is 1.78. The minimum atomic E-state index is -0.998. The van der Waals surface area contributed by atoms with E-state index in [9.17, 15) is 9.59 Å². The Bertz CT molecular complexity index is 711. The lowest BCUT2D eigenvalue weighted by Gasteiger charge is -2.20. The molecule has 1 aliphatic rings. The van der Waals surface area contributed by atoms with Gasteiger partial charge >= 0.3 is 6.03 Å². The Morgan fingerprint density at radius 1 is 1.22 bits per heavy atom. The molecule has 0 radical (unpaired) electrons. The SMILES string of the molecule is COCC1(C)NC(=O)N(Cc2ccc(-c3ccn[nH]3)cc2)C1=O. The number of amides is 3. The number of urea groups is 1. The second kappa shape index (κ2) is 5.85. The molecule has 0 aliphatic carbocycles. The Morgan fingerprint density at radius 3 is 2.57 bits per heavy atom. The van der Waals surface area contributed by atoms with Crippen molar-refractivity contribution in [2.24, 2.45) is 0 Å². The molecule has 2 aromatic rings. The Kier molecular flexibility index (Phi) is 3.87. The summed E-state index contributed by atoms with van der Waals surface area (Å²) in [6.07, 6.45) is 1.69. The highest BCUT2D eigenvalue weighted by molar-refractivity contribution is 6.06. The van der Waals surface area contributed by atoms with Gasteiger partial charge in [-0.15, -0.1) is 0 Å². The molecule has 1 unspecified atom stereocenters. The Hall–Kier alpha value is -2.67. The summed E-state index contributed by atoms with van der Waals surface area (Å²) in [4.78, 5) is 25.7. The molecule has 23 heavy (non-hydrogen) atoms. The molecule has 3 rings (SSSR count). The maximum atomic E-state index is 12.4. The van der Waals surface area contributed by atoms with Crippen LogP contribution in [0, 0.1) is 0 Å². The fraction of sp³-hybridized carbons (Fsp3) is 0.312. The number of aromatic nitrogens is 2. The second-order valence-corrected chi connectivity index (χ2v) is 5.75. The highest BCUT2D eigenvalue weighted by Crippen LogP contribution is 2.22. The number of carbonyl (C=O) groups excluding carboxylic acids is 2. The molecule has 1 aromatic carbocycles. The predicted molar refractivity (Wildman–Crippen MR) is 83.4 cm³/mol. The third-order valence-electron chi connectivity index (χ3n) is 3.88. The zero-order valence-corrected chi connectivity index (χ0v) is 13.0. The lowest BCUT2D eigenvalue weighted by molar-refractivity contribution is -0.132. The van der Waals surface area contributed by atoms with E-state index in [0.717, 1.165) is 16.8 Å². The Morgan fingerprint density at radius 2 is 1.96 bits per heavy atom. The van der Waals surface area contributed by atoms with Crippen molar-refractivity contribution < 1.29 is 14.3 Å². The molecule has 7 heteroatoms. The van der Waals surface area contributed by atoms with Gasteiger partial charge in [-0.25, -0.2) is 4.79 Å². The van der Waals surface area contributed by atoms with E-state index >= 15 is 0 Å². The van der Waals surface area contributed by atoms with Gasteiger partial charge in [-0.2, -0.15) is 5.10 Å². The van der Waals surface area contributed by atoms with Crippen LogP contribution in [0.2, 0.25) is 0 Å². The van der Waals surface area contributed by atoms with E-state index in [1.807, 2.05) is 30.3 Å². The van der Waals surface area contributed by atoms with Crippen molar-refractivity contribution in [3.05, 3.63) is 42.1 Å². The maximum Gasteiger partial charge on any atom is 0.325 e. The zero-order valence-electron chi connectivity index (χ0n) is 13.0. The summed E-state index contributed by atoms with van der Waals surface area (Å²) in [6.45, 7) is 2.04. The highest BCUT2D eigenvalue weighted by Gasteiger charge is 2.47. The normalized spacial score (nSPS) is 20.9. The first-order chi connectivity index (χ1) is 11.0. The summed E-state index contributed by atoms with van der Waals surface area (Å²) < 4.78 is 5.03. The predicted octanol–water partition coefficient (Wildman–Crippen LogP) is 1.53. The number of hydrogen-bond donors (Lipinski definition) is 2. The third kappa shape index (κ3) is 2.83. The molecule has 1 fully saturated rings. The molecule has 120 valence electrons. The molecule has 3 amide bonds. The van der Waals surface area contributed by atoms with Crippen LogP contribution in [0.25, 0.3) is 11.3 Å². The maximum absolute atomic E-state index is 12.4. The lowest BCUT2D eigenvalue weighted by atomic mass is 10.0. The lowest BCUT2D eigenvalue weighted by Crippen LogP contribution is -2.47. The molecule has 1 aromatic heterocycles.